The molecular weight excluding hydrogens is 306 g/mol. The lowest BCUT2D eigenvalue weighted by Crippen LogP contribution is -2.36. The highest BCUT2D eigenvalue weighted by Crippen LogP contribution is 2.23. The Morgan fingerprint density at radius 2 is 2.29 bits per heavy atom. The summed E-state index contributed by atoms with van der Waals surface area (Å²) in [7, 11) is 0. The number of aromatic nitrogens is 5. The highest BCUT2D eigenvalue weighted by Gasteiger charge is 2.23. The molecule has 3 aromatic rings. The standard InChI is InChI=1S/C16H19N7O/c17-15(24)16-18-11-23(20-16)13-4-3-6-21(10-13)9-12-8-19-22-7-2-1-5-14(12)22/h1-2,5,7-8,11,13H,3-4,6,9-10H2,(H2,17,24). The maximum atomic E-state index is 11.2. The maximum Gasteiger partial charge on any atom is 0.288 e. The average molecular weight is 325 g/mol. The summed E-state index contributed by atoms with van der Waals surface area (Å²) < 4.78 is 3.66. The number of primary amides is 1. The summed E-state index contributed by atoms with van der Waals surface area (Å²) in [6.45, 7) is 2.76. The van der Waals surface area contributed by atoms with E-state index in [0.29, 0.717) is 0 Å². The third-order valence-electron chi connectivity index (χ3n) is 4.48. The molecule has 8 heteroatoms. The summed E-state index contributed by atoms with van der Waals surface area (Å²) in [5.41, 5.74) is 7.58. The Bertz CT molecular complexity index is 868. The Labute approximate surface area is 138 Å². The second-order valence-electron chi connectivity index (χ2n) is 6.14. The number of rotatable bonds is 4. The van der Waals surface area contributed by atoms with Crippen LogP contribution in [0.1, 0.15) is 35.1 Å². The Balaban J connectivity index is 1.49. The lowest BCUT2D eigenvalue weighted by Gasteiger charge is -2.32. The third kappa shape index (κ3) is 2.76. The first-order valence-corrected chi connectivity index (χ1v) is 8.05. The normalized spacial score (nSPS) is 18.9. The Morgan fingerprint density at radius 3 is 3.12 bits per heavy atom. The van der Waals surface area contributed by atoms with Crippen LogP contribution in [0.4, 0.5) is 0 Å². The van der Waals surface area contributed by atoms with Gasteiger partial charge in [0.25, 0.3) is 5.91 Å². The Hall–Kier alpha value is -2.74. The van der Waals surface area contributed by atoms with Crippen molar-refractivity contribution in [1.82, 2.24) is 29.3 Å². The number of nitrogens with zero attached hydrogens (tertiary/aromatic N) is 6. The minimum atomic E-state index is -0.590. The first kappa shape index (κ1) is 14.8. The van der Waals surface area contributed by atoms with Crippen molar-refractivity contribution in [2.45, 2.75) is 25.4 Å². The van der Waals surface area contributed by atoms with E-state index in [1.54, 1.807) is 11.0 Å². The van der Waals surface area contributed by atoms with E-state index in [0.717, 1.165) is 38.0 Å². The van der Waals surface area contributed by atoms with Crippen molar-refractivity contribution in [2.75, 3.05) is 13.1 Å². The largest absolute Gasteiger partial charge is 0.363 e. The van der Waals surface area contributed by atoms with E-state index in [2.05, 4.69) is 26.1 Å². The van der Waals surface area contributed by atoms with E-state index in [4.69, 9.17) is 5.73 Å². The number of hydrogen-bond acceptors (Lipinski definition) is 5. The zero-order valence-corrected chi connectivity index (χ0v) is 13.2. The number of likely N-dealkylation sites (tertiary alicyclic amines) is 1. The third-order valence-corrected chi connectivity index (χ3v) is 4.48. The van der Waals surface area contributed by atoms with Gasteiger partial charge in [-0.2, -0.15) is 5.10 Å². The van der Waals surface area contributed by atoms with Crippen LogP contribution in [-0.4, -0.2) is 48.3 Å². The molecule has 3 aromatic heterocycles. The molecule has 0 bridgehead atoms. The molecule has 0 spiro atoms. The molecule has 8 nitrogen and oxygen atoms in total. The van der Waals surface area contributed by atoms with Crippen molar-refractivity contribution in [1.29, 1.82) is 0 Å². The zero-order chi connectivity index (χ0) is 16.5. The van der Waals surface area contributed by atoms with Gasteiger partial charge in [-0.3, -0.25) is 9.69 Å². The molecule has 0 aromatic carbocycles. The fourth-order valence-corrected chi connectivity index (χ4v) is 3.30. The first-order valence-electron chi connectivity index (χ1n) is 8.05. The number of carbonyl (C=O) groups is 1. The lowest BCUT2D eigenvalue weighted by molar-refractivity contribution is 0.0989. The minimum absolute atomic E-state index is 0.0785. The number of nitrogens with two attached hydrogens (primary N) is 1. The van der Waals surface area contributed by atoms with E-state index in [9.17, 15) is 4.79 Å². The van der Waals surface area contributed by atoms with E-state index >= 15 is 0 Å². The van der Waals surface area contributed by atoms with E-state index < -0.39 is 5.91 Å². The van der Waals surface area contributed by atoms with Crippen LogP contribution in [0.25, 0.3) is 5.52 Å². The van der Waals surface area contributed by atoms with Gasteiger partial charge in [0.05, 0.1) is 17.8 Å². The molecule has 24 heavy (non-hydrogen) atoms. The highest BCUT2D eigenvalue weighted by atomic mass is 16.1. The summed E-state index contributed by atoms with van der Waals surface area (Å²) in [4.78, 5) is 17.5. The van der Waals surface area contributed by atoms with Crippen LogP contribution in [0.5, 0.6) is 0 Å². The molecule has 1 amide bonds. The zero-order valence-electron chi connectivity index (χ0n) is 13.2. The van der Waals surface area contributed by atoms with Crippen LogP contribution in [0.3, 0.4) is 0 Å². The molecular formula is C16H19N7O. The minimum Gasteiger partial charge on any atom is -0.363 e. The number of hydrogen-bond donors (Lipinski definition) is 1. The van der Waals surface area contributed by atoms with Gasteiger partial charge in [0.2, 0.25) is 5.82 Å². The number of amides is 1. The van der Waals surface area contributed by atoms with E-state index in [1.165, 1.54) is 5.56 Å². The maximum absolute atomic E-state index is 11.2. The molecule has 2 N–H and O–H groups in total. The molecule has 4 heterocycles. The molecule has 0 saturated carbocycles. The topological polar surface area (TPSA) is 94.3 Å². The smallest absolute Gasteiger partial charge is 0.288 e. The van der Waals surface area contributed by atoms with Crippen LogP contribution in [0.2, 0.25) is 0 Å². The molecule has 124 valence electrons. The van der Waals surface area contributed by atoms with Crippen molar-refractivity contribution in [3.8, 4) is 0 Å². The summed E-state index contributed by atoms with van der Waals surface area (Å²) in [5, 5.41) is 8.60. The van der Waals surface area contributed by atoms with Gasteiger partial charge in [-0.1, -0.05) is 6.07 Å². The van der Waals surface area contributed by atoms with Gasteiger partial charge in [-0.15, -0.1) is 5.10 Å². The fourth-order valence-electron chi connectivity index (χ4n) is 3.30. The van der Waals surface area contributed by atoms with Crippen molar-refractivity contribution < 1.29 is 4.79 Å². The predicted molar refractivity (Wildman–Crippen MR) is 87.3 cm³/mol. The summed E-state index contributed by atoms with van der Waals surface area (Å²) in [5.74, 6) is -0.512. The molecule has 1 unspecified atom stereocenters. The first-order chi connectivity index (χ1) is 11.7. The second-order valence-corrected chi connectivity index (χ2v) is 6.14. The fraction of sp³-hybridized carbons (Fsp3) is 0.375. The molecule has 4 rings (SSSR count). The van der Waals surface area contributed by atoms with Gasteiger partial charge < -0.3 is 5.73 Å². The van der Waals surface area contributed by atoms with E-state index in [-0.39, 0.29) is 11.9 Å². The summed E-state index contributed by atoms with van der Waals surface area (Å²) in [6.07, 6.45) is 7.59. The van der Waals surface area contributed by atoms with E-state index in [1.807, 2.05) is 29.0 Å². The number of carbonyl (C=O) groups excluding carboxylic acids is 1. The second kappa shape index (κ2) is 6.04. The molecule has 0 aliphatic carbocycles. The van der Waals surface area contributed by atoms with Crippen molar-refractivity contribution >= 4 is 11.4 Å². The van der Waals surface area contributed by atoms with Crippen LogP contribution < -0.4 is 5.73 Å². The predicted octanol–water partition coefficient (Wildman–Crippen LogP) is 0.862. The van der Waals surface area contributed by atoms with Crippen LogP contribution in [0, 0.1) is 0 Å². The van der Waals surface area contributed by atoms with Crippen LogP contribution >= 0.6 is 0 Å². The average Bonchev–Trinajstić information content (AvgIpc) is 3.23. The monoisotopic (exact) mass is 325 g/mol. The van der Waals surface area contributed by atoms with Crippen LogP contribution in [-0.2, 0) is 6.54 Å². The van der Waals surface area contributed by atoms with Crippen molar-refractivity contribution in [3.63, 3.8) is 0 Å². The van der Waals surface area contributed by atoms with Crippen molar-refractivity contribution in [3.05, 3.63) is 48.3 Å². The van der Waals surface area contributed by atoms with Crippen molar-refractivity contribution in [2.24, 2.45) is 5.73 Å². The molecule has 1 aliphatic rings. The summed E-state index contributed by atoms with van der Waals surface area (Å²) in [6, 6.07) is 6.30. The Kier molecular flexibility index (Phi) is 3.73. The van der Waals surface area contributed by atoms with Gasteiger partial charge in [-0.25, -0.2) is 14.2 Å². The molecule has 1 atom stereocenters. The Morgan fingerprint density at radius 1 is 1.38 bits per heavy atom. The van der Waals surface area contributed by atoms with Gasteiger partial charge in [-0.05, 0) is 31.5 Å². The number of pyridine rings is 1. The van der Waals surface area contributed by atoms with Crippen LogP contribution in [0.15, 0.2) is 36.9 Å². The molecule has 0 radical (unpaired) electrons. The van der Waals surface area contributed by atoms with Gasteiger partial charge >= 0.3 is 0 Å². The quantitative estimate of drug-likeness (QED) is 0.768. The SMILES string of the molecule is NC(=O)c1ncn(C2CCCN(Cc3cnn4ccccc34)C2)n1. The summed E-state index contributed by atoms with van der Waals surface area (Å²) >= 11 is 0. The number of piperidine rings is 1. The van der Waals surface area contributed by atoms with Gasteiger partial charge in [0.1, 0.15) is 6.33 Å². The number of fused-ring (bicyclic) bond motifs is 1. The lowest BCUT2D eigenvalue weighted by atomic mass is 10.1. The van der Waals surface area contributed by atoms with Gasteiger partial charge in [0.15, 0.2) is 0 Å². The highest BCUT2D eigenvalue weighted by molar-refractivity contribution is 5.88. The molecule has 1 aliphatic heterocycles. The van der Waals surface area contributed by atoms with Gasteiger partial charge in [0, 0.05) is 24.8 Å². The molecule has 1 fully saturated rings. The molecule has 1 saturated heterocycles.